The van der Waals surface area contributed by atoms with Crippen molar-refractivity contribution in [2.24, 2.45) is 0 Å². The molecule has 0 spiro atoms. The molecule has 1 aromatic rings. The van der Waals surface area contributed by atoms with Gasteiger partial charge in [-0.25, -0.2) is 13.2 Å². The van der Waals surface area contributed by atoms with Crippen molar-refractivity contribution >= 4 is 12.6 Å². The van der Waals surface area contributed by atoms with Crippen LogP contribution in [-0.4, -0.2) is 30.2 Å². The van der Waals surface area contributed by atoms with Crippen molar-refractivity contribution in [1.29, 1.82) is 0 Å². The average molecular weight is 220 g/mol. The summed E-state index contributed by atoms with van der Waals surface area (Å²) >= 11 is 0. The Bertz CT molecular complexity index is 333. The first-order chi connectivity index (χ1) is 7.00. The first kappa shape index (κ1) is 11.9. The van der Waals surface area contributed by atoms with E-state index in [1.54, 1.807) is 0 Å². The van der Waals surface area contributed by atoms with Crippen molar-refractivity contribution in [3.05, 3.63) is 24.0 Å². The summed E-state index contributed by atoms with van der Waals surface area (Å²) in [4.78, 5) is 0. The molecule has 0 aliphatic carbocycles. The highest BCUT2D eigenvalue weighted by Gasteiger charge is 2.18. The number of ether oxygens (including phenoxy) is 1. The molecule has 0 atom stereocenters. The summed E-state index contributed by atoms with van der Waals surface area (Å²) in [6.07, 6.45) is -2.68. The maximum absolute atomic E-state index is 12.7. The van der Waals surface area contributed by atoms with Gasteiger partial charge in [-0.2, -0.15) is 0 Å². The van der Waals surface area contributed by atoms with Crippen molar-refractivity contribution in [3.8, 4) is 5.75 Å². The molecular formula is C8H8BF3O3. The van der Waals surface area contributed by atoms with E-state index in [1.165, 1.54) is 0 Å². The first-order valence-electron chi connectivity index (χ1n) is 4.07. The molecule has 0 amide bonds. The maximum atomic E-state index is 12.7. The van der Waals surface area contributed by atoms with Gasteiger partial charge in [0, 0.05) is 5.46 Å². The van der Waals surface area contributed by atoms with Crippen LogP contribution in [-0.2, 0) is 0 Å². The molecule has 0 bridgehead atoms. The topological polar surface area (TPSA) is 49.7 Å². The summed E-state index contributed by atoms with van der Waals surface area (Å²) in [6, 6.07) is 2.85. The van der Waals surface area contributed by atoms with Gasteiger partial charge < -0.3 is 14.8 Å². The Labute approximate surface area is 84.3 Å². The minimum Gasteiger partial charge on any atom is -0.488 e. The smallest absolute Gasteiger partial charge is 0.488 e. The molecule has 82 valence electrons. The third kappa shape index (κ3) is 3.45. The summed E-state index contributed by atoms with van der Waals surface area (Å²) in [5, 5.41) is 17.6. The van der Waals surface area contributed by atoms with Crippen LogP contribution in [0.4, 0.5) is 13.2 Å². The molecule has 0 saturated carbocycles. The highest BCUT2D eigenvalue weighted by atomic mass is 19.3. The molecule has 1 rings (SSSR count). The van der Waals surface area contributed by atoms with E-state index in [4.69, 9.17) is 10.0 Å². The fraction of sp³-hybridized carbons (Fsp3) is 0.250. The number of hydrogen-bond acceptors (Lipinski definition) is 3. The molecule has 0 heterocycles. The third-order valence-corrected chi connectivity index (χ3v) is 1.61. The second-order valence-corrected chi connectivity index (χ2v) is 2.76. The van der Waals surface area contributed by atoms with Gasteiger partial charge >= 0.3 is 7.12 Å². The van der Waals surface area contributed by atoms with Crippen LogP contribution in [0.15, 0.2) is 18.2 Å². The number of hydrogen-bond donors (Lipinski definition) is 2. The molecule has 0 unspecified atom stereocenters. The van der Waals surface area contributed by atoms with E-state index >= 15 is 0 Å². The average Bonchev–Trinajstić information content (AvgIpc) is 2.15. The van der Waals surface area contributed by atoms with Gasteiger partial charge in [-0.15, -0.1) is 0 Å². The van der Waals surface area contributed by atoms with Crippen LogP contribution in [0.3, 0.4) is 0 Å². The zero-order valence-electron chi connectivity index (χ0n) is 7.53. The van der Waals surface area contributed by atoms with E-state index < -0.39 is 26.0 Å². The Morgan fingerprint density at radius 1 is 1.33 bits per heavy atom. The predicted molar refractivity (Wildman–Crippen MR) is 47.7 cm³/mol. The first-order valence-corrected chi connectivity index (χ1v) is 4.07. The van der Waals surface area contributed by atoms with Gasteiger partial charge in [-0.1, -0.05) is 0 Å². The number of halogens is 3. The highest BCUT2D eigenvalue weighted by molar-refractivity contribution is 6.59. The largest absolute Gasteiger partial charge is 0.492 e. The molecule has 0 aliphatic rings. The summed E-state index contributed by atoms with van der Waals surface area (Å²) in [5.74, 6) is -0.880. The van der Waals surface area contributed by atoms with Crippen molar-refractivity contribution in [2.45, 2.75) is 6.43 Å². The van der Waals surface area contributed by atoms with Gasteiger partial charge in [0.15, 0.2) is 0 Å². The summed E-state index contributed by atoms with van der Waals surface area (Å²) in [6.45, 7) is -0.884. The van der Waals surface area contributed by atoms with Crippen LogP contribution in [0.25, 0.3) is 0 Å². The lowest BCUT2D eigenvalue weighted by molar-refractivity contribution is 0.0822. The van der Waals surface area contributed by atoms with E-state index in [9.17, 15) is 13.2 Å². The molecule has 0 radical (unpaired) electrons. The number of benzene rings is 1. The fourth-order valence-electron chi connectivity index (χ4n) is 1.01. The second kappa shape index (κ2) is 5.04. The predicted octanol–water partition coefficient (Wildman–Crippen LogP) is 0.149. The second-order valence-electron chi connectivity index (χ2n) is 2.76. The molecule has 1 aromatic carbocycles. The molecule has 2 N–H and O–H groups in total. The quantitative estimate of drug-likeness (QED) is 0.710. The molecule has 0 fully saturated rings. The highest BCUT2D eigenvalue weighted by Crippen LogP contribution is 2.10. The standard InChI is InChI=1S/C8H8BF3O3/c10-5-1-2-7(15-4-8(11)12)6(3-5)9(13)14/h1-3,8,13-14H,4H2. The zero-order valence-corrected chi connectivity index (χ0v) is 7.53. The summed E-state index contributed by atoms with van der Waals surface area (Å²) in [5.41, 5.74) is -0.282. The minimum absolute atomic E-state index is 0.174. The van der Waals surface area contributed by atoms with Crippen LogP contribution in [0.1, 0.15) is 0 Å². The molecule has 7 heteroatoms. The molecule has 0 aliphatic heterocycles. The van der Waals surface area contributed by atoms with Crippen LogP contribution in [0.2, 0.25) is 0 Å². The van der Waals surface area contributed by atoms with E-state index in [0.717, 1.165) is 18.2 Å². The van der Waals surface area contributed by atoms with Gasteiger partial charge in [0.1, 0.15) is 18.2 Å². The Balaban J connectivity index is 2.86. The van der Waals surface area contributed by atoms with Gasteiger partial charge in [0.05, 0.1) is 0 Å². The Kier molecular flexibility index (Phi) is 3.99. The van der Waals surface area contributed by atoms with Crippen LogP contribution < -0.4 is 10.2 Å². The lowest BCUT2D eigenvalue weighted by atomic mass is 9.79. The van der Waals surface area contributed by atoms with Crippen LogP contribution in [0, 0.1) is 5.82 Å². The monoisotopic (exact) mass is 220 g/mol. The van der Waals surface area contributed by atoms with E-state index in [-0.39, 0.29) is 11.2 Å². The van der Waals surface area contributed by atoms with Crippen LogP contribution >= 0.6 is 0 Å². The van der Waals surface area contributed by atoms with E-state index in [1.807, 2.05) is 0 Å². The Hall–Kier alpha value is -1.21. The zero-order chi connectivity index (χ0) is 11.4. The number of rotatable bonds is 4. The van der Waals surface area contributed by atoms with E-state index in [0.29, 0.717) is 0 Å². The Morgan fingerprint density at radius 3 is 2.53 bits per heavy atom. The normalized spacial score (nSPS) is 10.5. The van der Waals surface area contributed by atoms with Crippen molar-refractivity contribution in [2.75, 3.05) is 6.61 Å². The Morgan fingerprint density at radius 2 is 2.00 bits per heavy atom. The summed E-state index contributed by atoms with van der Waals surface area (Å²) < 4.78 is 40.9. The summed E-state index contributed by atoms with van der Waals surface area (Å²) in [7, 11) is -1.96. The lowest BCUT2D eigenvalue weighted by Crippen LogP contribution is -2.32. The van der Waals surface area contributed by atoms with Gasteiger partial charge in [0.2, 0.25) is 0 Å². The molecular weight excluding hydrogens is 212 g/mol. The van der Waals surface area contributed by atoms with Crippen LogP contribution in [0.5, 0.6) is 5.75 Å². The molecule has 15 heavy (non-hydrogen) atoms. The molecule has 0 saturated heterocycles. The SMILES string of the molecule is OB(O)c1cc(F)ccc1OCC(F)F. The lowest BCUT2D eigenvalue weighted by Gasteiger charge is -2.10. The molecule has 3 nitrogen and oxygen atoms in total. The fourth-order valence-corrected chi connectivity index (χ4v) is 1.01. The van der Waals surface area contributed by atoms with Crippen molar-refractivity contribution in [3.63, 3.8) is 0 Å². The minimum atomic E-state index is -2.68. The van der Waals surface area contributed by atoms with Crippen molar-refractivity contribution in [1.82, 2.24) is 0 Å². The maximum Gasteiger partial charge on any atom is 0.492 e. The van der Waals surface area contributed by atoms with Gasteiger partial charge in [0.25, 0.3) is 6.43 Å². The molecule has 0 aromatic heterocycles. The number of alkyl halides is 2. The third-order valence-electron chi connectivity index (χ3n) is 1.61. The van der Waals surface area contributed by atoms with Gasteiger partial charge in [-0.05, 0) is 18.2 Å². The van der Waals surface area contributed by atoms with E-state index in [2.05, 4.69) is 4.74 Å². The van der Waals surface area contributed by atoms with Crippen molar-refractivity contribution < 1.29 is 28.0 Å². The van der Waals surface area contributed by atoms with Gasteiger partial charge in [-0.3, -0.25) is 0 Å².